The maximum absolute atomic E-state index is 5.91. The van der Waals surface area contributed by atoms with E-state index in [9.17, 15) is 0 Å². The first-order valence-electron chi connectivity index (χ1n) is 5.40. The lowest BCUT2D eigenvalue weighted by atomic mass is 10.2. The van der Waals surface area contributed by atoms with E-state index in [-0.39, 0.29) is 12.4 Å². The summed E-state index contributed by atoms with van der Waals surface area (Å²) in [5.74, 6) is 0.618. The number of hydrogen-bond donors (Lipinski definition) is 1. The van der Waals surface area contributed by atoms with Crippen LogP contribution in [-0.4, -0.2) is 9.97 Å². The molecule has 0 aliphatic rings. The summed E-state index contributed by atoms with van der Waals surface area (Å²) in [5, 5.41) is 3.93. The molecule has 1 heterocycles. The van der Waals surface area contributed by atoms with E-state index in [0.29, 0.717) is 5.95 Å². The summed E-state index contributed by atoms with van der Waals surface area (Å²) in [6.45, 7) is 5.90. The molecule has 1 N–H and O–H groups in total. The zero-order valence-corrected chi connectivity index (χ0v) is 12.1. The molecule has 1 aromatic carbocycles. The van der Waals surface area contributed by atoms with Crippen LogP contribution in [0.2, 0.25) is 5.02 Å². The molecule has 0 radical (unpaired) electrons. The predicted octanol–water partition coefficient (Wildman–Crippen LogP) is 4.22. The van der Waals surface area contributed by atoms with Gasteiger partial charge in [-0.1, -0.05) is 11.6 Å². The lowest BCUT2D eigenvalue weighted by Gasteiger charge is -2.09. The largest absolute Gasteiger partial charge is 0.324 e. The van der Waals surface area contributed by atoms with Crippen molar-refractivity contribution < 1.29 is 0 Å². The van der Waals surface area contributed by atoms with Crippen LogP contribution >= 0.6 is 24.0 Å². The molecule has 5 heteroatoms. The van der Waals surface area contributed by atoms with E-state index in [1.807, 2.05) is 45.0 Å². The Morgan fingerprint density at radius 3 is 2.17 bits per heavy atom. The second kappa shape index (κ2) is 6.03. The van der Waals surface area contributed by atoms with E-state index >= 15 is 0 Å². The first-order valence-corrected chi connectivity index (χ1v) is 5.78. The van der Waals surface area contributed by atoms with Gasteiger partial charge in [0.2, 0.25) is 5.95 Å². The Morgan fingerprint density at radius 2 is 1.61 bits per heavy atom. The highest BCUT2D eigenvalue weighted by molar-refractivity contribution is 6.30. The number of anilines is 2. The standard InChI is InChI=1S/C13H14ClN3.ClH/c1-8-6-11(14)4-5-12(8)17-13-15-9(2)7-10(3)16-13;/h4-7H,1-3H3,(H,15,16,17);1H. The number of benzene rings is 1. The van der Waals surface area contributed by atoms with Crippen LogP contribution in [0, 0.1) is 20.8 Å². The van der Waals surface area contributed by atoms with Gasteiger partial charge in [-0.2, -0.15) is 0 Å². The van der Waals surface area contributed by atoms with Crippen molar-refractivity contribution in [1.82, 2.24) is 9.97 Å². The number of halogens is 2. The Morgan fingerprint density at radius 1 is 1.00 bits per heavy atom. The Hall–Kier alpha value is -1.32. The normalized spacial score (nSPS) is 9.78. The zero-order chi connectivity index (χ0) is 12.4. The second-order valence-corrected chi connectivity index (χ2v) is 4.49. The monoisotopic (exact) mass is 283 g/mol. The number of nitrogens with one attached hydrogen (secondary N) is 1. The van der Waals surface area contributed by atoms with E-state index < -0.39 is 0 Å². The molecule has 0 saturated carbocycles. The summed E-state index contributed by atoms with van der Waals surface area (Å²) in [5.41, 5.74) is 3.94. The summed E-state index contributed by atoms with van der Waals surface area (Å²) >= 11 is 5.91. The molecule has 0 atom stereocenters. The summed E-state index contributed by atoms with van der Waals surface area (Å²) in [6, 6.07) is 7.63. The highest BCUT2D eigenvalue weighted by Crippen LogP contribution is 2.22. The molecule has 0 unspecified atom stereocenters. The minimum atomic E-state index is 0. The fourth-order valence-corrected chi connectivity index (χ4v) is 1.90. The fraction of sp³-hybridized carbons (Fsp3) is 0.231. The van der Waals surface area contributed by atoms with Gasteiger partial charge >= 0.3 is 0 Å². The van der Waals surface area contributed by atoms with Crippen LogP contribution in [0.4, 0.5) is 11.6 Å². The van der Waals surface area contributed by atoms with Crippen molar-refractivity contribution in [2.45, 2.75) is 20.8 Å². The van der Waals surface area contributed by atoms with Crippen LogP contribution in [0.5, 0.6) is 0 Å². The van der Waals surface area contributed by atoms with Crippen LogP contribution in [0.15, 0.2) is 24.3 Å². The van der Waals surface area contributed by atoms with Crippen molar-refractivity contribution >= 4 is 35.6 Å². The SMILES string of the molecule is Cc1cc(C)nc(Nc2ccc(Cl)cc2C)n1.Cl. The Balaban J connectivity index is 0.00000162. The maximum atomic E-state index is 5.91. The molecule has 0 fully saturated rings. The van der Waals surface area contributed by atoms with E-state index in [2.05, 4.69) is 15.3 Å². The summed E-state index contributed by atoms with van der Waals surface area (Å²) < 4.78 is 0. The number of nitrogens with zero attached hydrogens (tertiary/aromatic N) is 2. The molecule has 0 bridgehead atoms. The lowest BCUT2D eigenvalue weighted by molar-refractivity contribution is 1.06. The van der Waals surface area contributed by atoms with Crippen molar-refractivity contribution in [3.05, 3.63) is 46.2 Å². The summed E-state index contributed by atoms with van der Waals surface area (Å²) in [4.78, 5) is 8.68. The molecule has 2 aromatic rings. The second-order valence-electron chi connectivity index (χ2n) is 4.06. The zero-order valence-electron chi connectivity index (χ0n) is 10.5. The number of rotatable bonds is 2. The highest BCUT2D eigenvalue weighted by atomic mass is 35.5. The van der Waals surface area contributed by atoms with Crippen molar-refractivity contribution in [2.24, 2.45) is 0 Å². The van der Waals surface area contributed by atoms with E-state index in [0.717, 1.165) is 27.7 Å². The first-order chi connectivity index (χ1) is 8.04. The van der Waals surface area contributed by atoms with Gasteiger partial charge in [0.15, 0.2) is 0 Å². The van der Waals surface area contributed by atoms with Crippen molar-refractivity contribution in [3.8, 4) is 0 Å². The molecule has 0 aliphatic carbocycles. The smallest absolute Gasteiger partial charge is 0.227 e. The quantitative estimate of drug-likeness (QED) is 0.897. The van der Waals surface area contributed by atoms with E-state index in [1.54, 1.807) is 0 Å². The van der Waals surface area contributed by atoms with Crippen LogP contribution < -0.4 is 5.32 Å². The third kappa shape index (κ3) is 3.59. The van der Waals surface area contributed by atoms with Crippen molar-refractivity contribution in [3.63, 3.8) is 0 Å². The average molecular weight is 284 g/mol. The summed E-state index contributed by atoms with van der Waals surface area (Å²) in [7, 11) is 0. The van der Waals surface area contributed by atoms with Crippen molar-refractivity contribution in [2.75, 3.05) is 5.32 Å². The molecule has 96 valence electrons. The molecule has 1 aromatic heterocycles. The van der Waals surface area contributed by atoms with Crippen molar-refractivity contribution in [1.29, 1.82) is 0 Å². The maximum Gasteiger partial charge on any atom is 0.227 e. The third-order valence-corrected chi connectivity index (χ3v) is 2.65. The van der Waals surface area contributed by atoms with E-state index in [1.165, 1.54) is 0 Å². The number of aromatic nitrogens is 2. The molecule has 0 saturated heterocycles. The van der Waals surface area contributed by atoms with Gasteiger partial charge in [-0.15, -0.1) is 12.4 Å². The predicted molar refractivity (Wildman–Crippen MR) is 78.2 cm³/mol. The van der Waals surface area contributed by atoms with Crippen LogP contribution in [0.3, 0.4) is 0 Å². The highest BCUT2D eigenvalue weighted by Gasteiger charge is 2.03. The van der Waals surface area contributed by atoms with Crippen LogP contribution in [0.25, 0.3) is 0 Å². The van der Waals surface area contributed by atoms with E-state index in [4.69, 9.17) is 11.6 Å². The van der Waals surface area contributed by atoms with Gasteiger partial charge in [-0.25, -0.2) is 9.97 Å². The first kappa shape index (κ1) is 14.7. The number of aryl methyl sites for hydroxylation is 3. The Labute approximate surface area is 118 Å². The average Bonchev–Trinajstić information content (AvgIpc) is 2.21. The Bertz CT molecular complexity index is 536. The molecule has 2 rings (SSSR count). The van der Waals surface area contributed by atoms with Gasteiger partial charge in [-0.3, -0.25) is 0 Å². The Kier molecular flexibility index (Phi) is 4.93. The summed E-state index contributed by atoms with van der Waals surface area (Å²) in [6.07, 6.45) is 0. The lowest BCUT2D eigenvalue weighted by Crippen LogP contribution is -2.01. The molecule has 18 heavy (non-hydrogen) atoms. The fourth-order valence-electron chi connectivity index (χ4n) is 1.67. The number of hydrogen-bond acceptors (Lipinski definition) is 3. The molecular formula is C13H15Cl2N3. The van der Waals surface area contributed by atoms with Gasteiger partial charge in [0, 0.05) is 22.1 Å². The third-order valence-electron chi connectivity index (χ3n) is 2.42. The molecule has 0 amide bonds. The van der Waals surface area contributed by atoms with Gasteiger partial charge in [0.1, 0.15) is 0 Å². The molecular weight excluding hydrogens is 269 g/mol. The van der Waals surface area contributed by atoms with Crippen LogP contribution in [0.1, 0.15) is 17.0 Å². The minimum Gasteiger partial charge on any atom is -0.324 e. The van der Waals surface area contributed by atoms with Gasteiger partial charge in [-0.05, 0) is 50.6 Å². The van der Waals surface area contributed by atoms with Gasteiger partial charge in [0.05, 0.1) is 0 Å². The van der Waals surface area contributed by atoms with Gasteiger partial charge in [0.25, 0.3) is 0 Å². The van der Waals surface area contributed by atoms with Gasteiger partial charge < -0.3 is 5.32 Å². The molecule has 0 spiro atoms. The van der Waals surface area contributed by atoms with Crippen LogP contribution in [-0.2, 0) is 0 Å². The topological polar surface area (TPSA) is 37.8 Å². The minimum absolute atomic E-state index is 0. The molecule has 0 aliphatic heterocycles. The molecule has 3 nitrogen and oxygen atoms in total.